The van der Waals surface area contributed by atoms with Gasteiger partial charge in [-0.2, -0.15) is 0 Å². The van der Waals surface area contributed by atoms with Crippen LogP contribution in [0.5, 0.6) is 0 Å². The molecule has 2 N–H and O–H groups in total. The van der Waals surface area contributed by atoms with Crippen LogP contribution in [0, 0.1) is 0 Å². The molecule has 0 aromatic carbocycles. The Morgan fingerprint density at radius 2 is 1.92 bits per heavy atom. The normalized spacial score (nSPS) is 18.7. The molecule has 1 aliphatic rings. The Balaban J connectivity index is 2.30. The molecule has 0 aromatic rings. The van der Waals surface area contributed by atoms with Gasteiger partial charge in [-0.15, -0.1) is 6.58 Å². The SMILES string of the molecule is C=CCN1CCN(C(=C)CN)CC1. The third-order valence-corrected chi connectivity index (χ3v) is 2.44. The maximum Gasteiger partial charge on any atom is 0.0324 e. The van der Waals surface area contributed by atoms with Gasteiger partial charge in [0.1, 0.15) is 0 Å². The van der Waals surface area contributed by atoms with Gasteiger partial charge in [0.2, 0.25) is 0 Å². The van der Waals surface area contributed by atoms with E-state index >= 15 is 0 Å². The summed E-state index contributed by atoms with van der Waals surface area (Å²) in [6.45, 7) is 13.5. The largest absolute Gasteiger partial charge is 0.372 e. The van der Waals surface area contributed by atoms with Gasteiger partial charge in [0.05, 0.1) is 0 Å². The van der Waals surface area contributed by atoms with Crippen LogP contribution in [0.15, 0.2) is 24.9 Å². The Labute approximate surface area is 80.5 Å². The Bertz CT molecular complexity index is 181. The quantitative estimate of drug-likeness (QED) is 0.632. The lowest BCUT2D eigenvalue weighted by molar-refractivity contribution is 0.171. The van der Waals surface area contributed by atoms with Crippen molar-refractivity contribution >= 4 is 0 Å². The van der Waals surface area contributed by atoms with E-state index in [1.807, 2.05) is 6.08 Å². The van der Waals surface area contributed by atoms with E-state index in [1.165, 1.54) is 0 Å². The number of piperazine rings is 1. The summed E-state index contributed by atoms with van der Waals surface area (Å²) in [5, 5.41) is 0. The highest BCUT2D eigenvalue weighted by Crippen LogP contribution is 2.06. The van der Waals surface area contributed by atoms with Crippen molar-refractivity contribution in [2.45, 2.75) is 0 Å². The third kappa shape index (κ3) is 2.86. The van der Waals surface area contributed by atoms with E-state index in [1.54, 1.807) is 0 Å². The van der Waals surface area contributed by atoms with Gasteiger partial charge >= 0.3 is 0 Å². The summed E-state index contributed by atoms with van der Waals surface area (Å²) in [6.07, 6.45) is 1.95. The summed E-state index contributed by atoms with van der Waals surface area (Å²) >= 11 is 0. The first-order valence-electron chi connectivity index (χ1n) is 4.74. The first kappa shape index (κ1) is 10.3. The predicted octanol–water partition coefficient (Wildman–Crippen LogP) is 0.262. The summed E-state index contributed by atoms with van der Waals surface area (Å²) in [4.78, 5) is 4.65. The molecule has 13 heavy (non-hydrogen) atoms. The van der Waals surface area contributed by atoms with Crippen LogP contribution < -0.4 is 5.73 Å². The summed E-state index contributed by atoms with van der Waals surface area (Å²) < 4.78 is 0. The smallest absolute Gasteiger partial charge is 0.0324 e. The molecule has 0 aliphatic carbocycles. The summed E-state index contributed by atoms with van der Waals surface area (Å²) in [7, 11) is 0. The lowest BCUT2D eigenvalue weighted by atomic mass is 10.3. The van der Waals surface area contributed by atoms with Crippen molar-refractivity contribution in [1.29, 1.82) is 0 Å². The van der Waals surface area contributed by atoms with E-state index in [0.29, 0.717) is 6.54 Å². The third-order valence-electron chi connectivity index (χ3n) is 2.44. The molecule has 0 aromatic heterocycles. The van der Waals surface area contributed by atoms with Gasteiger partial charge in [0, 0.05) is 45.0 Å². The Kier molecular flexibility index (Phi) is 3.99. The standard InChI is InChI=1S/C10H19N3/c1-3-4-12-5-7-13(8-6-12)10(2)9-11/h3H,1-2,4-9,11H2. The van der Waals surface area contributed by atoms with Crippen LogP contribution in [-0.2, 0) is 0 Å². The molecule has 3 nitrogen and oxygen atoms in total. The fraction of sp³-hybridized carbons (Fsp3) is 0.600. The first-order chi connectivity index (χ1) is 6.27. The molecular formula is C10H19N3. The van der Waals surface area contributed by atoms with Crippen molar-refractivity contribution < 1.29 is 0 Å². The van der Waals surface area contributed by atoms with E-state index in [0.717, 1.165) is 38.4 Å². The minimum Gasteiger partial charge on any atom is -0.372 e. The zero-order chi connectivity index (χ0) is 9.68. The van der Waals surface area contributed by atoms with E-state index < -0.39 is 0 Å². The van der Waals surface area contributed by atoms with Crippen LogP contribution in [0.2, 0.25) is 0 Å². The van der Waals surface area contributed by atoms with E-state index in [2.05, 4.69) is 23.0 Å². The van der Waals surface area contributed by atoms with Crippen molar-refractivity contribution in [2.24, 2.45) is 5.73 Å². The number of nitrogens with zero attached hydrogens (tertiary/aromatic N) is 2. The highest BCUT2D eigenvalue weighted by atomic mass is 15.3. The summed E-state index contributed by atoms with van der Waals surface area (Å²) in [5.41, 5.74) is 6.58. The first-order valence-corrected chi connectivity index (χ1v) is 4.74. The highest BCUT2D eigenvalue weighted by molar-refractivity contribution is 4.97. The number of nitrogens with two attached hydrogens (primary N) is 1. The molecule has 0 bridgehead atoms. The number of hydrogen-bond acceptors (Lipinski definition) is 3. The average molecular weight is 181 g/mol. The van der Waals surface area contributed by atoms with Gasteiger partial charge in [0.25, 0.3) is 0 Å². The molecule has 1 heterocycles. The van der Waals surface area contributed by atoms with Crippen molar-refractivity contribution in [3.8, 4) is 0 Å². The zero-order valence-electron chi connectivity index (χ0n) is 8.21. The lowest BCUT2D eigenvalue weighted by Crippen LogP contribution is -2.46. The van der Waals surface area contributed by atoms with Crippen LogP contribution in [0.4, 0.5) is 0 Å². The van der Waals surface area contributed by atoms with Crippen molar-refractivity contribution in [3.63, 3.8) is 0 Å². The van der Waals surface area contributed by atoms with E-state index in [4.69, 9.17) is 5.73 Å². The second-order valence-electron chi connectivity index (χ2n) is 3.35. The molecule has 0 radical (unpaired) electrons. The second kappa shape index (κ2) is 5.04. The molecule has 1 saturated heterocycles. The molecule has 3 heteroatoms. The van der Waals surface area contributed by atoms with Crippen molar-refractivity contribution in [3.05, 3.63) is 24.9 Å². The minimum absolute atomic E-state index is 0.571. The fourth-order valence-electron chi connectivity index (χ4n) is 1.56. The van der Waals surface area contributed by atoms with Gasteiger partial charge in [0.15, 0.2) is 0 Å². The Morgan fingerprint density at radius 1 is 1.31 bits per heavy atom. The Hall–Kier alpha value is -0.800. The molecule has 74 valence electrons. The predicted molar refractivity (Wildman–Crippen MR) is 56.4 cm³/mol. The monoisotopic (exact) mass is 181 g/mol. The van der Waals surface area contributed by atoms with Crippen LogP contribution in [-0.4, -0.2) is 49.1 Å². The highest BCUT2D eigenvalue weighted by Gasteiger charge is 2.15. The molecule has 0 amide bonds. The van der Waals surface area contributed by atoms with Gasteiger partial charge in [-0.1, -0.05) is 12.7 Å². The summed E-state index contributed by atoms with van der Waals surface area (Å²) in [5.74, 6) is 0. The minimum atomic E-state index is 0.571. The molecular weight excluding hydrogens is 162 g/mol. The summed E-state index contributed by atoms with van der Waals surface area (Å²) in [6, 6.07) is 0. The topological polar surface area (TPSA) is 32.5 Å². The Morgan fingerprint density at radius 3 is 2.38 bits per heavy atom. The lowest BCUT2D eigenvalue weighted by Gasteiger charge is -2.36. The molecule has 0 saturated carbocycles. The van der Waals surface area contributed by atoms with Crippen LogP contribution in [0.25, 0.3) is 0 Å². The maximum absolute atomic E-state index is 5.53. The fourth-order valence-corrected chi connectivity index (χ4v) is 1.56. The van der Waals surface area contributed by atoms with Gasteiger partial charge < -0.3 is 10.6 Å². The van der Waals surface area contributed by atoms with Gasteiger partial charge in [-0.05, 0) is 0 Å². The molecule has 1 aliphatic heterocycles. The van der Waals surface area contributed by atoms with E-state index in [-0.39, 0.29) is 0 Å². The van der Waals surface area contributed by atoms with Gasteiger partial charge in [-0.3, -0.25) is 4.90 Å². The van der Waals surface area contributed by atoms with Crippen LogP contribution in [0.3, 0.4) is 0 Å². The van der Waals surface area contributed by atoms with Gasteiger partial charge in [-0.25, -0.2) is 0 Å². The molecule has 0 unspecified atom stereocenters. The molecule has 1 fully saturated rings. The maximum atomic E-state index is 5.53. The molecule has 0 spiro atoms. The molecule has 0 atom stereocenters. The molecule has 1 rings (SSSR count). The number of hydrogen-bond donors (Lipinski definition) is 1. The van der Waals surface area contributed by atoms with Crippen molar-refractivity contribution in [2.75, 3.05) is 39.3 Å². The zero-order valence-corrected chi connectivity index (χ0v) is 8.21. The van der Waals surface area contributed by atoms with Crippen LogP contribution >= 0.6 is 0 Å². The van der Waals surface area contributed by atoms with Crippen molar-refractivity contribution in [1.82, 2.24) is 9.80 Å². The van der Waals surface area contributed by atoms with Crippen LogP contribution in [0.1, 0.15) is 0 Å². The number of rotatable bonds is 4. The van der Waals surface area contributed by atoms with E-state index in [9.17, 15) is 0 Å². The second-order valence-corrected chi connectivity index (χ2v) is 3.35. The average Bonchev–Trinajstić information content (AvgIpc) is 2.18.